The van der Waals surface area contributed by atoms with Crippen LogP contribution in [-0.2, 0) is 9.84 Å². The van der Waals surface area contributed by atoms with Crippen LogP contribution in [0.25, 0.3) is 22.0 Å². The largest absolute Gasteiger partial charge is 0.289 e. The Labute approximate surface area is 186 Å². The lowest BCUT2D eigenvalue weighted by Crippen LogP contribution is -2.16. The van der Waals surface area contributed by atoms with Crippen molar-refractivity contribution in [3.63, 3.8) is 0 Å². The van der Waals surface area contributed by atoms with E-state index in [4.69, 9.17) is 0 Å². The zero-order chi connectivity index (χ0) is 21.3. The van der Waals surface area contributed by atoms with Crippen molar-refractivity contribution in [2.24, 2.45) is 0 Å². The Morgan fingerprint density at radius 3 is 2.33 bits per heavy atom. The van der Waals surface area contributed by atoms with E-state index >= 15 is 0 Å². The van der Waals surface area contributed by atoms with Crippen molar-refractivity contribution >= 4 is 55.1 Å². The number of carbonyl (C=O) groups excluding carboxylic acids is 1. The number of nitrogens with zero attached hydrogens (tertiary/aromatic N) is 3. The molecule has 0 saturated heterocycles. The monoisotopic (exact) mass is 530 g/mol. The van der Waals surface area contributed by atoms with Gasteiger partial charge in [-0.05, 0) is 57.6 Å². The van der Waals surface area contributed by atoms with Gasteiger partial charge in [-0.1, -0.05) is 36.4 Å². The van der Waals surface area contributed by atoms with Gasteiger partial charge in [0.2, 0.25) is 5.95 Å². The Balaban J connectivity index is 1.60. The summed E-state index contributed by atoms with van der Waals surface area (Å²) in [5.41, 5.74) is 1.64. The van der Waals surface area contributed by atoms with Crippen LogP contribution in [-0.4, -0.2) is 35.8 Å². The number of anilines is 1. The highest BCUT2D eigenvalue weighted by Gasteiger charge is 2.14. The highest BCUT2D eigenvalue weighted by molar-refractivity contribution is 14.1. The van der Waals surface area contributed by atoms with Crippen LogP contribution in [0.5, 0.6) is 0 Å². The summed E-state index contributed by atoms with van der Waals surface area (Å²) in [6.07, 6.45) is 2.60. The average Bonchev–Trinajstić information content (AvgIpc) is 2.73. The van der Waals surface area contributed by atoms with Crippen LogP contribution in [0.4, 0.5) is 5.95 Å². The first-order valence-corrected chi connectivity index (χ1v) is 11.8. The maximum atomic E-state index is 12.8. The molecule has 4 aromatic rings. The SMILES string of the molecule is CS(=O)(=O)c1ccc(-c2cnnc(NC(=O)c3cc4ccccc4cc3I)n2)cc1. The predicted molar refractivity (Wildman–Crippen MR) is 123 cm³/mol. The molecule has 0 spiro atoms. The third-order valence-corrected chi connectivity index (χ3v) is 6.46. The Kier molecular flexibility index (Phi) is 5.48. The molecular formula is C21H15IN4O3S. The van der Waals surface area contributed by atoms with Crippen molar-refractivity contribution in [2.75, 3.05) is 11.6 Å². The molecule has 30 heavy (non-hydrogen) atoms. The van der Waals surface area contributed by atoms with E-state index in [9.17, 15) is 13.2 Å². The molecule has 0 atom stereocenters. The zero-order valence-corrected chi connectivity index (χ0v) is 18.7. The fourth-order valence-corrected chi connectivity index (χ4v) is 4.29. The third-order valence-electron chi connectivity index (χ3n) is 4.44. The van der Waals surface area contributed by atoms with Crippen LogP contribution in [0.2, 0.25) is 0 Å². The standard InChI is InChI=1S/C21H15IN4O3S/c1-30(28,29)16-8-6-13(7-9-16)19-12-23-26-21(24-19)25-20(27)17-10-14-4-2-3-5-15(14)11-18(17)22/h2-12H,1H3,(H,24,25,26,27). The number of rotatable bonds is 4. The molecule has 150 valence electrons. The summed E-state index contributed by atoms with van der Waals surface area (Å²) in [4.78, 5) is 17.3. The fraction of sp³-hybridized carbons (Fsp3) is 0.0476. The van der Waals surface area contributed by atoms with Crippen LogP contribution in [0.15, 0.2) is 71.8 Å². The van der Waals surface area contributed by atoms with Crippen molar-refractivity contribution in [1.82, 2.24) is 15.2 Å². The Morgan fingerprint density at radius 2 is 1.67 bits per heavy atom. The number of fused-ring (bicyclic) bond motifs is 1. The maximum Gasteiger partial charge on any atom is 0.259 e. The second-order valence-electron chi connectivity index (χ2n) is 6.60. The zero-order valence-electron chi connectivity index (χ0n) is 15.7. The number of sulfone groups is 1. The molecule has 0 radical (unpaired) electrons. The molecule has 0 bridgehead atoms. The second-order valence-corrected chi connectivity index (χ2v) is 9.77. The Morgan fingerprint density at radius 1 is 1.00 bits per heavy atom. The molecule has 1 heterocycles. The highest BCUT2D eigenvalue weighted by Crippen LogP contribution is 2.23. The van der Waals surface area contributed by atoms with Gasteiger partial charge in [0, 0.05) is 15.4 Å². The van der Waals surface area contributed by atoms with Crippen molar-refractivity contribution < 1.29 is 13.2 Å². The number of aromatic nitrogens is 3. The molecule has 0 aliphatic rings. The summed E-state index contributed by atoms with van der Waals surface area (Å²) < 4.78 is 24.0. The van der Waals surface area contributed by atoms with Gasteiger partial charge in [0.15, 0.2) is 9.84 Å². The molecule has 0 unspecified atom stereocenters. The summed E-state index contributed by atoms with van der Waals surface area (Å²) >= 11 is 2.13. The molecule has 1 aromatic heterocycles. The van der Waals surface area contributed by atoms with Gasteiger partial charge in [0.25, 0.3) is 5.91 Å². The number of nitrogens with one attached hydrogen (secondary N) is 1. The van der Waals surface area contributed by atoms with Crippen LogP contribution < -0.4 is 5.32 Å². The molecule has 7 nitrogen and oxygen atoms in total. The minimum Gasteiger partial charge on any atom is -0.289 e. The van der Waals surface area contributed by atoms with Gasteiger partial charge in [-0.15, -0.1) is 5.10 Å². The molecule has 3 aromatic carbocycles. The van der Waals surface area contributed by atoms with Crippen molar-refractivity contribution in [3.05, 3.63) is 76.0 Å². The number of carbonyl (C=O) groups is 1. The number of halogens is 1. The van der Waals surface area contributed by atoms with E-state index < -0.39 is 9.84 Å². The molecule has 9 heteroatoms. The number of hydrogen-bond acceptors (Lipinski definition) is 6. The highest BCUT2D eigenvalue weighted by atomic mass is 127. The second kappa shape index (κ2) is 8.07. The lowest BCUT2D eigenvalue weighted by molar-refractivity contribution is 0.102. The van der Waals surface area contributed by atoms with Crippen molar-refractivity contribution in [2.45, 2.75) is 4.90 Å². The maximum absolute atomic E-state index is 12.8. The molecule has 0 saturated carbocycles. The number of benzene rings is 3. The van der Waals surface area contributed by atoms with E-state index in [0.717, 1.165) is 20.6 Å². The van der Waals surface area contributed by atoms with Gasteiger partial charge in [0.05, 0.1) is 22.3 Å². The van der Waals surface area contributed by atoms with Crippen LogP contribution in [0.3, 0.4) is 0 Å². The van der Waals surface area contributed by atoms with Crippen LogP contribution in [0.1, 0.15) is 10.4 Å². The topological polar surface area (TPSA) is 102 Å². The molecule has 4 rings (SSSR count). The lowest BCUT2D eigenvalue weighted by atomic mass is 10.1. The normalized spacial score (nSPS) is 11.4. The molecule has 1 amide bonds. The van der Waals surface area contributed by atoms with Crippen molar-refractivity contribution in [1.29, 1.82) is 0 Å². The lowest BCUT2D eigenvalue weighted by Gasteiger charge is -2.08. The summed E-state index contributed by atoms with van der Waals surface area (Å²) in [5, 5.41) is 12.5. The first-order valence-electron chi connectivity index (χ1n) is 8.81. The van der Waals surface area contributed by atoms with Gasteiger partial charge >= 0.3 is 0 Å². The van der Waals surface area contributed by atoms with E-state index in [2.05, 4.69) is 43.1 Å². The molecule has 0 aliphatic carbocycles. The molecule has 1 N–H and O–H groups in total. The van der Waals surface area contributed by atoms with Crippen LogP contribution >= 0.6 is 22.6 Å². The minimum atomic E-state index is -3.28. The van der Waals surface area contributed by atoms with Gasteiger partial charge in [-0.25, -0.2) is 13.4 Å². The number of hydrogen-bond donors (Lipinski definition) is 1. The van der Waals surface area contributed by atoms with Crippen LogP contribution in [0, 0.1) is 3.57 Å². The van der Waals surface area contributed by atoms with Crippen molar-refractivity contribution in [3.8, 4) is 11.3 Å². The number of amides is 1. The third kappa shape index (κ3) is 4.31. The van der Waals surface area contributed by atoms with Gasteiger partial charge in [-0.3, -0.25) is 10.1 Å². The molecule has 0 aliphatic heterocycles. The first kappa shape index (κ1) is 20.4. The van der Waals surface area contributed by atoms with E-state index in [-0.39, 0.29) is 16.8 Å². The van der Waals surface area contributed by atoms with Gasteiger partial charge in [0.1, 0.15) is 0 Å². The van der Waals surface area contributed by atoms with Gasteiger partial charge in [-0.2, -0.15) is 5.10 Å². The Bertz CT molecular complexity index is 1370. The van der Waals surface area contributed by atoms with E-state index in [1.165, 1.54) is 18.3 Å². The smallest absolute Gasteiger partial charge is 0.259 e. The Hall–Kier alpha value is -2.92. The average molecular weight is 530 g/mol. The predicted octanol–water partition coefficient (Wildman–Crippen LogP) is 3.95. The quantitative estimate of drug-likeness (QED) is 0.401. The minimum absolute atomic E-state index is 0.0636. The fourth-order valence-electron chi connectivity index (χ4n) is 2.92. The summed E-state index contributed by atoms with van der Waals surface area (Å²) in [6.45, 7) is 0. The summed E-state index contributed by atoms with van der Waals surface area (Å²) in [6, 6.07) is 17.9. The summed E-state index contributed by atoms with van der Waals surface area (Å²) in [7, 11) is -3.28. The van der Waals surface area contributed by atoms with E-state index in [1.54, 1.807) is 12.1 Å². The summed E-state index contributed by atoms with van der Waals surface area (Å²) in [5.74, 6) is -0.273. The van der Waals surface area contributed by atoms with Gasteiger partial charge < -0.3 is 0 Å². The van der Waals surface area contributed by atoms with E-state index in [0.29, 0.717) is 16.8 Å². The first-order chi connectivity index (χ1) is 14.3. The molecule has 0 fully saturated rings. The molecular weight excluding hydrogens is 515 g/mol. The van der Waals surface area contributed by atoms with E-state index in [1.807, 2.05) is 36.4 Å².